The first-order valence-corrected chi connectivity index (χ1v) is 8.59. The zero-order valence-corrected chi connectivity index (χ0v) is 13.9. The average Bonchev–Trinajstić information content (AvgIpc) is 2.97. The number of benzene rings is 1. The van der Waals surface area contributed by atoms with Crippen LogP contribution in [0.3, 0.4) is 0 Å². The Hall–Kier alpha value is -2.14. The summed E-state index contributed by atoms with van der Waals surface area (Å²) in [4.78, 5) is 25.8. The van der Waals surface area contributed by atoms with Crippen molar-refractivity contribution in [3.63, 3.8) is 0 Å². The van der Waals surface area contributed by atoms with E-state index >= 15 is 0 Å². The fourth-order valence-corrected chi connectivity index (χ4v) is 3.86. The summed E-state index contributed by atoms with van der Waals surface area (Å²) in [5, 5.41) is 2.73. The van der Waals surface area contributed by atoms with Crippen LogP contribution in [0.15, 0.2) is 30.3 Å². The number of carbonyl (C=O) groups is 2. The molecule has 0 unspecified atom stereocenters. The normalized spacial score (nSPS) is 13.3. The Labute approximate surface area is 139 Å². The fraction of sp³-hybridized carbons (Fsp3) is 0.333. The number of amides is 1. The van der Waals surface area contributed by atoms with Crippen LogP contribution in [0, 0.1) is 6.92 Å². The molecular weight excluding hydrogens is 310 g/mol. The lowest BCUT2D eigenvalue weighted by molar-refractivity contribution is -0.119. The molecule has 23 heavy (non-hydrogen) atoms. The molecule has 1 aliphatic carbocycles. The molecule has 0 radical (unpaired) electrons. The van der Waals surface area contributed by atoms with Gasteiger partial charge >= 0.3 is 5.97 Å². The molecule has 0 bridgehead atoms. The van der Waals surface area contributed by atoms with Crippen molar-refractivity contribution in [1.82, 2.24) is 0 Å². The van der Waals surface area contributed by atoms with Crippen LogP contribution in [-0.2, 0) is 22.4 Å². The summed E-state index contributed by atoms with van der Waals surface area (Å²) in [6.45, 7) is 1.68. The van der Waals surface area contributed by atoms with E-state index in [4.69, 9.17) is 4.74 Å². The Bertz CT molecular complexity index is 712. The molecule has 0 saturated heterocycles. The van der Waals surface area contributed by atoms with Gasteiger partial charge in [-0.05, 0) is 61.9 Å². The molecule has 1 aromatic heterocycles. The van der Waals surface area contributed by atoms with E-state index in [0.717, 1.165) is 18.4 Å². The van der Waals surface area contributed by atoms with Gasteiger partial charge in [-0.25, -0.2) is 4.79 Å². The lowest BCUT2D eigenvalue weighted by atomic mass is 9.99. The number of hydrogen-bond donors (Lipinski definition) is 1. The predicted molar refractivity (Wildman–Crippen MR) is 91.1 cm³/mol. The van der Waals surface area contributed by atoms with Gasteiger partial charge in [-0.2, -0.15) is 0 Å². The summed E-state index contributed by atoms with van der Waals surface area (Å²) in [5.41, 5.74) is 3.03. The SMILES string of the molecule is Cc1cccc(NC(=O)COC(=O)c2cc3c(s2)CCCC3)c1. The van der Waals surface area contributed by atoms with Crippen molar-refractivity contribution in [2.24, 2.45) is 0 Å². The third-order valence-corrected chi connectivity index (χ3v) is 5.05. The Morgan fingerprint density at radius 3 is 2.83 bits per heavy atom. The highest BCUT2D eigenvalue weighted by molar-refractivity contribution is 7.14. The van der Waals surface area contributed by atoms with Crippen LogP contribution in [0.1, 0.15) is 38.5 Å². The van der Waals surface area contributed by atoms with E-state index in [9.17, 15) is 9.59 Å². The molecule has 1 aromatic carbocycles. The van der Waals surface area contributed by atoms with E-state index in [2.05, 4.69) is 5.32 Å². The van der Waals surface area contributed by atoms with Crippen molar-refractivity contribution in [2.45, 2.75) is 32.6 Å². The van der Waals surface area contributed by atoms with Gasteiger partial charge in [0.15, 0.2) is 6.61 Å². The van der Waals surface area contributed by atoms with Crippen LogP contribution >= 0.6 is 11.3 Å². The van der Waals surface area contributed by atoms with Gasteiger partial charge in [0.05, 0.1) is 0 Å². The zero-order valence-electron chi connectivity index (χ0n) is 13.1. The number of fused-ring (bicyclic) bond motifs is 1. The number of ether oxygens (including phenoxy) is 1. The molecule has 5 heteroatoms. The highest BCUT2D eigenvalue weighted by atomic mass is 32.1. The molecule has 0 aliphatic heterocycles. The number of rotatable bonds is 4. The molecule has 0 fully saturated rings. The van der Waals surface area contributed by atoms with Crippen molar-refractivity contribution >= 4 is 28.9 Å². The van der Waals surface area contributed by atoms with E-state index in [0.29, 0.717) is 10.6 Å². The topological polar surface area (TPSA) is 55.4 Å². The largest absolute Gasteiger partial charge is 0.451 e. The predicted octanol–water partition coefficient (Wildman–Crippen LogP) is 3.73. The van der Waals surface area contributed by atoms with Gasteiger partial charge in [-0.1, -0.05) is 12.1 Å². The third-order valence-electron chi connectivity index (χ3n) is 3.83. The number of anilines is 1. The number of esters is 1. The van der Waals surface area contributed by atoms with E-state index in [-0.39, 0.29) is 12.5 Å². The minimum Gasteiger partial charge on any atom is -0.451 e. The summed E-state index contributed by atoms with van der Waals surface area (Å²) in [6.07, 6.45) is 4.44. The maximum atomic E-state index is 12.1. The highest BCUT2D eigenvalue weighted by Gasteiger charge is 2.18. The van der Waals surface area contributed by atoms with Gasteiger partial charge in [0, 0.05) is 10.6 Å². The van der Waals surface area contributed by atoms with Crippen molar-refractivity contribution in [2.75, 3.05) is 11.9 Å². The Morgan fingerprint density at radius 2 is 2.04 bits per heavy atom. The van der Waals surface area contributed by atoms with Crippen molar-refractivity contribution in [3.8, 4) is 0 Å². The Balaban J connectivity index is 1.54. The Morgan fingerprint density at radius 1 is 1.22 bits per heavy atom. The van der Waals surface area contributed by atoms with Crippen LogP contribution in [0.2, 0.25) is 0 Å². The van der Waals surface area contributed by atoms with Gasteiger partial charge in [0.25, 0.3) is 5.91 Å². The molecule has 1 amide bonds. The first-order valence-electron chi connectivity index (χ1n) is 7.77. The maximum Gasteiger partial charge on any atom is 0.348 e. The molecule has 1 heterocycles. The molecule has 2 aromatic rings. The molecule has 1 N–H and O–H groups in total. The number of carbonyl (C=O) groups excluding carboxylic acids is 2. The van der Waals surface area contributed by atoms with Crippen LogP contribution in [-0.4, -0.2) is 18.5 Å². The summed E-state index contributed by atoms with van der Waals surface area (Å²) in [6, 6.07) is 9.41. The van der Waals surface area contributed by atoms with Crippen LogP contribution in [0.25, 0.3) is 0 Å². The second-order valence-electron chi connectivity index (χ2n) is 5.76. The van der Waals surface area contributed by atoms with Crippen molar-refractivity contribution in [3.05, 3.63) is 51.2 Å². The van der Waals surface area contributed by atoms with Gasteiger partial charge < -0.3 is 10.1 Å². The molecule has 0 saturated carbocycles. The van der Waals surface area contributed by atoms with E-state index in [1.165, 1.54) is 34.6 Å². The second kappa shape index (κ2) is 6.96. The summed E-state index contributed by atoms with van der Waals surface area (Å²) < 4.78 is 5.13. The maximum absolute atomic E-state index is 12.1. The smallest absolute Gasteiger partial charge is 0.348 e. The molecule has 4 nitrogen and oxygen atoms in total. The first kappa shape index (κ1) is 15.7. The Kier molecular flexibility index (Phi) is 4.76. The summed E-state index contributed by atoms with van der Waals surface area (Å²) in [5.74, 6) is -0.742. The van der Waals surface area contributed by atoms with Crippen LogP contribution in [0.4, 0.5) is 5.69 Å². The number of aryl methyl sites for hydroxylation is 3. The van der Waals surface area contributed by atoms with E-state index in [1.807, 2.05) is 31.2 Å². The molecule has 120 valence electrons. The van der Waals surface area contributed by atoms with Gasteiger partial charge in [0.2, 0.25) is 0 Å². The van der Waals surface area contributed by atoms with Crippen molar-refractivity contribution in [1.29, 1.82) is 0 Å². The quantitative estimate of drug-likeness (QED) is 0.870. The first-order chi connectivity index (χ1) is 11.1. The molecule has 0 spiro atoms. The summed E-state index contributed by atoms with van der Waals surface area (Å²) >= 11 is 1.49. The second-order valence-corrected chi connectivity index (χ2v) is 6.90. The zero-order chi connectivity index (χ0) is 16.2. The number of nitrogens with one attached hydrogen (secondary N) is 1. The third kappa shape index (κ3) is 3.99. The van der Waals surface area contributed by atoms with Gasteiger partial charge in [-0.3, -0.25) is 4.79 Å². The van der Waals surface area contributed by atoms with E-state index < -0.39 is 5.97 Å². The lowest BCUT2D eigenvalue weighted by Crippen LogP contribution is -2.20. The van der Waals surface area contributed by atoms with Crippen LogP contribution < -0.4 is 5.32 Å². The average molecular weight is 329 g/mol. The minimum atomic E-state index is -0.413. The van der Waals surface area contributed by atoms with Gasteiger partial charge in [0.1, 0.15) is 4.88 Å². The number of thiophene rings is 1. The monoisotopic (exact) mass is 329 g/mol. The van der Waals surface area contributed by atoms with E-state index in [1.54, 1.807) is 6.07 Å². The highest BCUT2D eigenvalue weighted by Crippen LogP contribution is 2.30. The molecular formula is C18H19NO3S. The summed E-state index contributed by atoms with van der Waals surface area (Å²) in [7, 11) is 0. The minimum absolute atomic E-state index is 0.269. The fourth-order valence-electron chi connectivity index (χ4n) is 2.71. The molecule has 1 aliphatic rings. The number of hydrogen-bond acceptors (Lipinski definition) is 4. The molecule has 0 atom stereocenters. The van der Waals surface area contributed by atoms with Crippen LogP contribution in [0.5, 0.6) is 0 Å². The lowest BCUT2D eigenvalue weighted by Gasteiger charge is -2.08. The van der Waals surface area contributed by atoms with Gasteiger partial charge in [-0.15, -0.1) is 11.3 Å². The van der Waals surface area contributed by atoms with Crippen molar-refractivity contribution < 1.29 is 14.3 Å². The molecule has 3 rings (SSSR count). The standard InChI is InChI=1S/C18H19NO3S/c1-12-5-4-7-14(9-12)19-17(20)11-22-18(21)16-10-13-6-2-3-8-15(13)23-16/h4-5,7,9-10H,2-3,6,8,11H2,1H3,(H,19,20).